The summed E-state index contributed by atoms with van der Waals surface area (Å²) in [6.07, 6.45) is 1.58. The molecule has 0 saturated heterocycles. The number of halogens is 3. The van der Waals surface area contributed by atoms with Gasteiger partial charge in [0.15, 0.2) is 5.65 Å². The Bertz CT molecular complexity index is 1210. The SMILES string of the molecule is Cn1ncc2c(C(=O)Nc3ccc(F)cc3)cc(-c3ccc(Cl)cc3Cl)nc21. The lowest BCUT2D eigenvalue weighted by Crippen LogP contribution is -2.13. The topological polar surface area (TPSA) is 59.8 Å². The van der Waals surface area contributed by atoms with Crippen LogP contribution in [-0.4, -0.2) is 20.7 Å². The second-order valence-corrected chi connectivity index (χ2v) is 6.99. The molecule has 1 amide bonds. The lowest BCUT2D eigenvalue weighted by atomic mass is 10.1. The van der Waals surface area contributed by atoms with Crippen LogP contribution in [0.15, 0.2) is 54.7 Å². The van der Waals surface area contributed by atoms with E-state index in [4.69, 9.17) is 23.2 Å². The van der Waals surface area contributed by atoms with E-state index >= 15 is 0 Å². The van der Waals surface area contributed by atoms with Crippen molar-refractivity contribution in [2.24, 2.45) is 7.05 Å². The van der Waals surface area contributed by atoms with Crippen molar-refractivity contribution in [1.82, 2.24) is 14.8 Å². The number of hydrogen-bond donors (Lipinski definition) is 1. The van der Waals surface area contributed by atoms with Crippen molar-refractivity contribution in [3.8, 4) is 11.3 Å². The monoisotopic (exact) mass is 414 g/mol. The molecule has 0 atom stereocenters. The number of nitrogens with one attached hydrogen (secondary N) is 1. The Labute approximate surface area is 169 Å². The molecule has 4 rings (SSSR count). The first-order valence-corrected chi connectivity index (χ1v) is 9.03. The van der Waals surface area contributed by atoms with Gasteiger partial charge in [0.1, 0.15) is 5.82 Å². The molecular formula is C20H13Cl2FN4O. The highest BCUT2D eigenvalue weighted by Gasteiger charge is 2.18. The van der Waals surface area contributed by atoms with Crippen LogP contribution < -0.4 is 5.32 Å². The predicted molar refractivity (Wildman–Crippen MR) is 108 cm³/mol. The Morgan fingerprint density at radius 3 is 2.57 bits per heavy atom. The zero-order chi connectivity index (χ0) is 19.8. The molecular weight excluding hydrogens is 402 g/mol. The van der Waals surface area contributed by atoms with E-state index in [1.165, 1.54) is 24.3 Å². The first-order valence-electron chi connectivity index (χ1n) is 8.27. The summed E-state index contributed by atoms with van der Waals surface area (Å²) in [7, 11) is 1.74. The lowest BCUT2D eigenvalue weighted by molar-refractivity contribution is 0.102. The number of anilines is 1. The maximum absolute atomic E-state index is 13.1. The summed E-state index contributed by atoms with van der Waals surface area (Å²) in [5, 5.41) is 8.48. The Kier molecular flexibility index (Phi) is 4.75. The third-order valence-electron chi connectivity index (χ3n) is 4.26. The number of fused-ring (bicyclic) bond motifs is 1. The molecule has 0 spiro atoms. The summed E-state index contributed by atoms with van der Waals surface area (Å²) in [4.78, 5) is 17.5. The Hall–Kier alpha value is -2.96. The standard InChI is InChI=1S/C20H13Cl2FN4O/c1-27-19-16(10-24-27)15(20(28)25-13-5-3-12(23)4-6-13)9-18(26-19)14-7-2-11(21)8-17(14)22/h2-10H,1H3,(H,25,28). The number of rotatable bonds is 3. The van der Waals surface area contributed by atoms with E-state index in [1.807, 2.05) is 0 Å². The van der Waals surface area contributed by atoms with Crippen LogP contribution in [0.1, 0.15) is 10.4 Å². The molecule has 5 nitrogen and oxygen atoms in total. The van der Waals surface area contributed by atoms with Crippen molar-refractivity contribution in [1.29, 1.82) is 0 Å². The van der Waals surface area contributed by atoms with Crippen molar-refractivity contribution in [3.63, 3.8) is 0 Å². The van der Waals surface area contributed by atoms with Crippen LogP contribution >= 0.6 is 23.2 Å². The molecule has 2 aromatic heterocycles. The average molecular weight is 415 g/mol. The molecule has 0 aliphatic heterocycles. The lowest BCUT2D eigenvalue weighted by Gasteiger charge is -2.10. The first kappa shape index (κ1) is 18.4. The Morgan fingerprint density at radius 1 is 1.11 bits per heavy atom. The molecule has 140 valence electrons. The van der Waals surface area contributed by atoms with Crippen LogP contribution in [0.4, 0.5) is 10.1 Å². The molecule has 0 fully saturated rings. The highest BCUT2D eigenvalue weighted by Crippen LogP contribution is 2.32. The van der Waals surface area contributed by atoms with E-state index in [-0.39, 0.29) is 11.7 Å². The summed E-state index contributed by atoms with van der Waals surface area (Å²) in [5.74, 6) is -0.741. The molecule has 8 heteroatoms. The number of hydrogen-bond acceptors (Lipinski definition) is 3. The van der Waals surface area contributed by atoms with Gasteiger partial charge in [-0.15, -0.1) is 0 Å². The molecule has 0 radical (unpaired) electrons. The summed E-state index contributed by atoms with van der Waals surface area (Å²) >= 11 is 12.3. The van der Waals surface area contributed by atoms with Crippen LogP contribution in [0.25, 0.3) is 22.3 Å². The van der Waals surface area contributed by atoms with Gasteiger partial charge in [0.05, 0.1) is 27.9 Å². The van der Waals surface area contributed by atoms with Crippen LogP contribution in [0, 0.1) is 5.82 Å². The van der Waals surface area contributed by atoms with Crippen LogP contribution in [-0.2, 0) is 7.05 Å². The van der Waals surface area contributed by atoms with Crippen molar-refractivity contribution < 1.29 is 9.18 Å². The van der Waals surface area contributed by atoms with Gasteiger partial charge in [0.25, 0.3) is 5.91 Å². The van der Waals surface area contributed by atoms with Gasteiger partial charge < -0.3 is 5.32 Å². The van der Waals surface area contributed by atoms with Gasteiger partial charge in [0, 0.05) is 23.3 Å². The highest BCUT2D eigenvalue weighted by molar-refractivity contribution is 6.36. The first-order chi connectivity index (χ1) is 13.4. The molecule has 0 aliphatic carbocycles. The number of benzene rings is 2. The number of amides is 1. The third kappa shape index (κ3) is 3.44. The smallest absolute Gasteiger partial charge is 0.256 e. The molecule has 1 N–H and O–H groups in total. The molecule has 28 heavy (non-hydrogen) atoms. The summed E-state index contributed by atoms with van der Waals surface area (Å²) in [5.41, 5.74) is 2.55. The number of pyridine rings is 1. The summed E-state index contributed by atoms with van der Waals surface area (Å²) in [6, 6.07) is 12.3. The van der Waals surface area contributed by atoms with Gasteiger partial charge in [0.2, 0.25) is 0 Å². The maximum atomic E-state index is 13.1. The van der Waals surface area contributed by atoms with Crippen molar-refractivity contribution in [3.05, 3.63) is 76.2 Å². The number of carbonyl (C=O) groups is 1. The van der Waals surface area contributed by atoms with Gasteiger partial charge in [-0.05, 0) is 48.5 Å². The summed E-state index contributed by atoms with van der Waals surface area (Å²) in [6.45, 7) is 0. The summed E-state index contributed by atoms with van der Waals surface area (Å²) < 4.78 is 14.7. The van der Waals surface area contributed by atoms with Gasteiger partial charge in [-0.25, -0.2) is 9.37 Å². The van der Waals surface area contributed by atoms with Gasteiger partial charge in [-0.3, -0.25) is 9.48 Å². The molecule has 2 heterocycles. The largest absolute Gasteiger partial charge is 0.322 e. The quantitative estimate of drug-likeness (QED) is 0.492. The minimum Gasteiger partial charge on any atom is -0.322 e. The third-order valence-corrected chi connectivity index (χ3v) is 4.81. The van der Waals surface area contributed by atoms with Crippen LogP contribution in [0.5, 0.6) is 0 Å². The molecule has 0 saturated carbocycles. The van der Waals surface area contributed by atoms with Crippen LogP contribution in [0.3, 0.4) is 0 Å². The van der Waals surface area contributed by atoms with E-state index < -0.39 is 0 Å². The fourth-order valence-corrected chi connectivity index (χ4v) is 3.37. The Morgan fingerprint density at radius 2 is 1.86 bits per heavy atom. The second kappa shape index (κ2) is 7.22. The minimum atomic E-state index is -0.378. The van der Waals surface area contributed by atoms with E-state index in [0.717, 1.165) is 0 Å². The fraction of sp³-hybridized carbons (Fsp3) is 0.0500. The van der Waals surface area contributed by atoms with Crippen LogP contribution in [0.2, 0.25) is 10.0 Å². The number of aromatic nitrogens is 3. The molecule has 4 aromatic rings. The average Bonchev–Trinajstić information content (AvgIpc) is 3.04. The predicted octanol–water partition coefficient (Wildman–Crippen LogP) is 5.33. The van der Waals surface area contributed by atoms with E-state index in [2.05, 4.69) is 15.4 Å². The molecule has 0 unspecified atom stereocenters. The molecule has 2 aromatic carbocycles. The van der Waals surface area contributed by atoms with Crippen molar-refractivity contribution in [2.75, 3.05) is 5.32 Å². The second-order valence-electron chi connectivity index (χ2n) is 6.15. The Balaban J connectivity index is 1.82. The minimum absolute atomic E-state index is 0.363. The normalized spacial score (nSPS) is 11.0. The number of aryl methyl sites for hydroxylation is 1. The highest BCUT2D eigenvalue weighted by atomic mass is 35.5. The van der Waals surface area contributed by atoms with Crippen molar-refractivity contribution in [2.45, 2.75) is 0 Å². The number of nitrogens with zero attached hydrogens (tertiary/aromatic N) is 3. The van der Waals surface area contributed by atoms with E-state index in [1.54, 1.807) is 42.2 Å². The number of carbonyl (C=O) groups excluding carboxylic acids is 1. The molecule has 0 bridgehead atoms. The van der Waals surface area contributed by atoms with E-state index in [0.29, 0.717) is 43.6 Å². The molecule has 0 aliphatic rings. The van der Waals surface area contributed by atoms with Gasteiger partial charge in [-0.2, -0.15) is 5.10 Å². The van der Waals surface area contributed by atoms with Gasteiger partial charge >= 0.3 is 0 Å². The zero-order valence-electron chi connectivity index (χ0n) is 14.6. The van der Waals surface area contributed by atoms with Gasteiger partial charge in [-0.1, -0.05) is 23.2 Å². The fourth-order valence-electron chi connectivity index (χ4n) is 2.87. The maximum Gasteiger partial charge on any atom is 0.256 e. The van der Waals surface area contributed by atoms with Crippen molar-refractivity contribution >= 4 is 45.8 Å². The zero-order valence-corrected chi connectivity index (χ0v) is 16.1. The van der Waals surface area contributed by atoms with E-state index in [9.17, 15) is 9.18 Å².